The highest BCUT2D eigenvalue weighted by atomic mass is 19.1. The van der Waals surface area contributed by atoms with Gasteiger partial charge in [0.1, 0.15) is 5.82 Å². The van der Waals surface area contributed by atoms with Crippen LogP contribution in [0.2, 0.25) is 0 Å². The molecule has 0 aliphatic rings. The normalized spacial score (nSPS) is 10.3. The van der Waals surface area contributed by atoms with E-state index in [1.807, 2.05) is 31.2 Å². The van der Waals surface area contributed by atoms with Gasteiger partial charge in [-0.1, -0.05) is 24.3 Å². The third kappa shape index (κ3) is 2.96. The average Bonchev–Trinajstić information content (AvgIpc) is 2.41. The number of hydrogen-bond donors (Lipinski definition) is 1. The number of rotatable bonds is 4. The van der Waals surface area contributed by atoms with Crippen LogP contribution in [0.25, 0.3) is 0 Å². The zero-order valence-corrected chi connectivity index (χ0v) is 11.4. The average molecular weight is 273 g/mol. The fourth-order valence-electron chi connectivity index (χ4n) is 2.08. The number of anilines is 1. The third-order valence-electron chi connectivity index (χ3n) is 3.27. The summed E-state index contributed by atoms with van der Waals surface area (Å²) in [5.74, 6) is -1.65. The van der Waals surface area contributed by atoms with Crippen molar-refractivity contribution in [3.05, 3.63) is 65.0 Å². The van der Waals surface area contributed by atoms with Gasteiger partial charge in [-0.3, -0.25) is 0 Å². The zero-order valence-electron chi connectivity index (χ0n) is 11.4. The number of carbonyl (C=O) groups is 1. The standard InChI is InChI=1S/C16H16FNO2/c1-11-5-3-4-6-13(11)10-18(2)15-8-7-12(16(19)20)9-14(15)17/h3-9H,10H2,1-2H3,(H,19,20). The first-order valence-corrected chi connectivity index (χ1v) is 6.27. The number of carboxylic acids is 1. The molecule has 20 heavy (non-hydrogen) atoms. The van der Waals surface area contributed by atoms with Crippen LogP contribution in [0.1, 0.15) is 21.5 Å². The SMILES string of the molecule is Cc1ccccc1CN(C)c1ccc(C(=O)O)cc1F. The summed E-state index contributed by atoms with van der Waals surface area (Å²) in [4.78, 5) is 12.6. The van der Waals surface area contributed by atoms with Gasteiger partial charge in [-0.2, -0.15) is 0 Å². The van der Waals surface area contributed by atoms with E-state index in [1.165, 1.54) is 12.1 Å². The maximum absolute atomic E-state index is 14.0. The van der Waals surface area contributed by atoms with Crippen LogP contribution in [0, 0.1) is 12.7 Å². The first kappa shape index (κ1) is 14.1. The molecular formula is C16H16FNO2. The van der Waals surface area contributed by atoms with Crippen molar-refractivity contribution < 1.29 is 14.3 Å². The Hall–Kier alpha value is -2.36. The van der Waals surface area contributed by atoms with Crippen molar-refractivity contribution in [2.24, 2.45) is 0 Å². The lowest BCUT2D eigenvalue weighted by Gasteiger charge is -2.21. The molecule has 0 saturated carbocycles. The molecule has 0 saturated heterocycles. The van der Waals surface area contributed by atoms with Gasteiger partial charge in [0.05, 0.1) is 11.3 Å². The maximum Gasteiger partial charge on any atom is 0.335 e. The molecule has 3 nitrogen and oxygen atoms in total. The van der Waals surface area contributed by atoms with Gasteiger partial charge in [-0.05, 0) is 36.2 Å². The molecule has 0 aliphatic heterocycles. The van der Waals surface area contributed by atoms with Crippen LogP contribution in [0.15, 0.2) is 42.5 Å². The molecule has 0 fully saturated rings. The van der Waals surface area contributed by atoms with E-state index in [2.05, 4.69) is 0 Å². The molecule has 0 radical (unpaired) electrons. The van der Waals surface area contributed by atoms with E-state index in [0.29, 0.717) is 12.2 Å². The van der Waals surface area contributed by atoms with Crippen LogP contribution in [-0.4, -0.2) is 18.1 Å². The molecule has 2 aromatic rings. The van der Waals surface area contributed by atoms with Gasteiger partial charge in [0, 0.05) is 13.6 Å². The molecule has 104 valence electrons. The molecule has 0 bridgehead atoms. The number of carboxylic acid groups (broad SMARTS) is 1. The van der Waals surface area contributed by atoms with Gasteiger partial charge >= 0.3 is 5.97 Å². The van der Waals surface area contributed by atoms with Crippen LogP contribution >= 0.6 is 0 Å². The number of halogens is 1. The van der Waals surface area contributed by atoms with Gasteiger partial charge in [0.2, 0.25) is 0 Å². The highest BCUT2D eigenvalue weighted by molar-refractivity contribution is 5.88. The van der Waals surface area contributed by atoms with E-state index in [-0.39, 0.29) is 5.56 Å². The number of aryl methyl sites for hydroxylation is 1. The summed E-state index contributed by atoms with van der Waals surface area (Å²) >= 11 is 0. The van der Waals surface area contributed by atoms with Crippen LogP contribution in [-0.2, 0) is 6.54 Å². The highest BCUT2D eigenvalue weighted by Gasteiger charge is 2.12. The van der Waals surface area contributed by atoms with Gasteiger partial charge < -0.3 is 10.0 Å². The summed E-state index contributed by atoms with van der Waals surface area (Å²) in [7, 11) is 1.78. The zero-order chi connectivity index (χ0) is 14.7. The molecule has 0 spiro atoms. The molecule has 4 heteroatoms. The van der Waals surface area contributed by atoms with Gasteiger partial charge in [0.15, 0.2) is 0 Å². The second-order valence-electron chi connectivity index (χ2n) is 4.75. The fraction of sp³-hybridized carbons (Fsp3) is 0.188. The summed E-state index contributed by atoms with van der Waals surface area (Å²) in [6.07, 6.45) is 0. The molecule has 0 heterocycles. The Labute approximate surface area is 117 Å². The maximum atomic E-state index is 14.0. The smallest absolute Gasteiger partial charge is 0.335 e. The Kier molecular flexibility index (Phi) is 4.03. The second-order valence-corrected chi connectivity index (χ2v) is 4.75. The Morgan fingerprint density at radius 1 is 1.25 bits per heavy atom. The van der Waals surface area contributed by atoms with E-state index in [9.17, 15) is 9.18 Å². The molecule has 0 aliphatic carbocycles. The lowest BCUT2D eigenvalue weighted by molar-refractivity contribution is 0.0696. The number of hydrogen-bond acceptors (Lipinski definition) is 2. The molecule has 2 rings (SSSR count). The van der Waals surface area contributed by atoms with Crippen molar-refractivity contribution in [1.82, 2.24) is 0 Å². The van der Waals surface area contributed by atoms with E-state index < -0.39 is 11.8 Å². The van der Waals surface area contributed by atoms with Crippen LogP contribution in [0.4, 0.5) is 10.1 Å². The first-order valence-electron chi connectivity index (χ1n) is 6.27. The largest absolute Gasteiger partial charge is 0.478 e. The van der Waals surface area contributed by atoms with Gasteiger partial charge in [-0.25, -0.2) is 9.18 Å². The molecule has 0 amide bonds. The summed E-state index contributed by atoms with van der Waals surface area (Å²) < 4.78 is 14.0. The Balaban J connectivity index is 2.23. The van der Waals surface area contributed by atoms with Crippen LogP contribution in [0.5, 0.6) is 0 Å². The fourth-order valence-corrected chi connectivity index (χ4v) is 2.08. The predicted octanol–water partition coefficient (Wildman–Crippen LogP) is 3.47. The van der Waals surface area contributed by atoms with Crippen molar-refractivity contribution in [3.63, 3.8) is 0 Å². The van der Waals surface area contributed by atoms with Crippen molar-refractivity contribution >= 4 is 11.7 Å². The van der Waals surface area contributed by atoms with Crippen molar-refractivity contribution in [1.29, 1.82) is 0 Å². The van der Waals surface area contributed by atoms with E-state index in [1.54, 1.807) is 11.9 Å². The van der Waals surface area contributed by atoms with Gasteiger partial charge in [0.25, 0.3) is 0 Å². The molecule has 0 atom stereocenters. The molecule has 2 aromatic carbocycles. The Bertz CT molecular complexity index is 640. The number of nitrogens with zero attached hydrogens (tertiary/aromatic N) is 1. The van der Waals surface area contributed by atoms with Crippen molar-refractivity contribution in [2.75, 3.05) is 11.9 Å². The molecule has 0 unspecified atom stereocenters. The lowest BCUT2D eigenvalue weighted by Crippen LogP contribution is -2.18. The van der Waals surface area contributed by atoms with Crippen LogP contribution in [0.3, 0.4) is 0 Å². The summed E-state index contributed by atoms with van der Waals surface area (Å²) in [5.41, 5.74) is 2.59. The molecule has 0 aromatic heterocycles. The van der Waals surface area contributed by atoms with E-state index >= 15 is 0 Å². The minimum absolute atomic E-state index is 0.0458. The number of aromatic carboxylic acids is 1. The quantitative estimate of drug-likeness (QED) is 0.927. The minimum atomic E-state index is -1.13. The predicted molar refractivity (Wildman–Crippen MR) is 76.6 cm³/mol. The second kappa shape index (κ2) is 5.74. The first-order chi connectivity index (χ1) is 9.49. The number of benzene rings is 2. The molecular weight excluding hydrogens is 257 g/mol. The van der Waals surface area contributed by atoms with Gasteiger partial charge in [-0.15, -0.1) is 0 Å². The van der Waals surface area contributed by atoms with E-state index in [4.69, 9.17) is 5.11 Å². The highest BCUT2D eigenvalue weighted by Crippen LogP contribution is 2.22. The third-order valence-corrected chi connectivity index (χ3v) is 3.27. The Morgan fingerprint density at radius 3 is 2.55 bits per heavy atom. The topological polar surface area (TPSA) is 40.5 Å². The van der Waals surface area contributed by atoms with E-state index in [0.717, 1.165) is 17.2 Å². The minimum Gasteiger partial charge on any atom is -0.478 e. The van der Waals surface area contributed by atoms with Crippen LogP contribution < -0.4 is 4.90 Å². The summed E-state index contributed by atoms with van der Waals surface area (Å²) in [5, 5.41) is 8.83. The lowest BCUT2D eigenvalue weighted by atomic mass is 10.1. The van der Waals surface area contributed by atoms with Crippen molar-refractivity contribution in [2.45, 2.75) is 13.5 Å². The summed E-state index contributed by atoms with van der Waals surface area (Å²) in [6.45, 7) is 2.57. The monoisotopic (exact) mass is 273 g/mol. The summed E-state index contributed by atoms with van der Waals surface area (Å²) in [6, 6.07) is 11.9. The molecule has 1 N–H and O–H groups in total. The van der Waals surface area contributed by atoms with Crippen molar-refractivity contribution in [3.8, 4) is 0 Å². The Morgan fingerprint density at radius 2 is 1.95 bits per heavy atom.